The van der Waals surface area contributed by atoms with Crippen LogP contribution in [0.1, 0.15) is 13.8 Å². The predicted molar refractivity (Wildman–Crippen MR) is 65.6 cm³/mol. The van der Waals surface area contributed by atoms with Gasteiger partial charge >= 0.3 is 16.9 Å². The molecule has 1 N–H and O–H groups in total. The molecule has 0 aliphatic rings. The standard InChI is InChI=1S/C9H13N3O4S/c1-9(2,5-17)4-11-3-6(12(15)16)7(13)10-8(11)14/h3,17H,4-5H2,1-2H3,(H,10,13,14). The van der Waals surface area contributed by atoms with Crippen molar-refractivity contribution in [2.45, 2.75) is 20.4 Å². The number of thiol groups is 1. The van der Waals surface area contributed by atoms with E-state index in [0.29, 0.717) is 5.75 Å². The van der Waals surface area contributed by atoms with Crippen molar-refractivity contribution in [3.63, 3.8) is 0 Å². The van der Waals surface area contributed by atoms with E-state index in [2.05, 4.69) is 12.6 Å². The summed E-state index contributed by atoms with van der Waals surface area (Å²) in [6.45, 7) is 3.97. The third-order valence-corrected chi connectivity index (χ3v) is 3.07. The molecule has 7 nitrogen and oxygen atoms in total. The van der Waals surface area contributed by atoms with Gasteiger partial charge in [-0.1, -0.05) is 13.8 Å². The molecule has 0 aliphatic heterocycles. The Bertz CT molecular complexity index is 546. The monoisotopic (exact) mass is 259 g/mol. The van der Waals surface area contributed by atoms with Crippen LogP contribution in [0.15, 0.2) is 15.8 Å². The Labute approximate surface area is 102 Å². The Kier molecular flexibility index (Phi) is 3.76. The largest absolute Gasteiger partial charge is 0.350 e. The van der Waals surface area contributed by atoms with Gasteiger partial charge in [-0.3, -0.25) is 24.5 Å². The minimum Gasteiger partial charge on any atom is -0.293 e. The minimum absolute atomic E-state index is 0.243. The van der Waals surface area contributed by atoms with Crippen LogP contribution >= 0.6 is 12.6 Å². The van der Waals surface area contributed by atoms with Gasteiger partial charge in [0.05, 0.1) is 11.1 Å². The van der Waals surface area contributed by atoms with Crippen molar-refractivity contribution in [2.75, 3.05) is 5.75 Å². The molecule has 0 fully saturated rings. The zero-order valence-corrected chi connectivity index (χ0v) is 10.4. The number of nitro groups is 1. The third-order valence-electron chi connectivity index (χ3n) is 2.22. The molecule has 0 unspecified atom stereocenters. The van der Waals surface area contributed by atoms with E-state index in [1.807, 2.05) is 18.8 Å². The Morgan fingerprint density at radius 3 is 2.59 bits per heavy atom. The van der Waals surface area contributed by atoms with Crippen LogP contribution in [0.2, 0.25) is 0 Å². The number of rotatable bonds is 4. The zero-order valence-electron chi connectivity index (χ0n) is 9.47. The second-order valence-corrected chi connectivity index (χ2v) is 4.80. The van der Waals surface area contributed by atoms with Gasteiger partial charge in [0, 0.05) is 6.54 Å². The molecule has 1 rings (SSSR count). The highest BCUT2D eigenvalue weighted by atomic mass is 32.1. The summed E-state index contributed by atoms with van der Waals surface area (Å²) in [5, 5.41) is 10.6. The van der Waals surface area contributed by atoms with E-state index in [0.717, 1.165) is 10.8 Å². The molecule has 8 heteroatoms. The summed E-state index contributed by atoms with van der Waals surface area (Å²) in [4.78, 5) is 34.3. The number of nitrogens with zero attached hydrogens (tertiary/aromatic N) is 2. The van der Waals surface area contributed by atoms with Crippen molar-refractivity contribution in [1.29, 1.82) is 0 Å². The molecule has 0 aromatic carbocycles. The van der Waals surface area contributed by atoms with Crippen molar-refractivity contribution < 1.29 is 4.92 Å². The fourth-order valence-corrected chi connectivity index (χ4v) is 1.36. The van der Waals surface area contributed by atoms with Gasteiger partial charge in [-0.25, -0.2) is 4.79 Å². The van der Waals surface area contributed by atoms with Gasteiger partial charge in [-0.05, 0) is 11.2 Å². The van der Waals surface area contributed by atoms with Crippen LogP contribution in [0.4, 0.5) is 5.69 Å². The lowest BCUT2D eigenvalue weighted by atomic mass is 9.96. The number of aromatic amines is 1. The first-order valence-corrected chi connectivity index (χ1v) is 5.49. The van der Waals surface area contributed by atoms with Crippen LogP contribution in [-0.4, -0.2) is 20.2 Å². The summed E-state index contributed by atoms with van der Waals surface area (Å²) in [6.07, 6.45) is 0.965. The molecule has 1 heterocycles. The molecule has 0 spiro atoms. The van der Waals surface area contributed by atoms with Crippen molar-refractivity contribution in [3.8, 4) is 0 Å². The van der Waals surface area contributed by atoms with Crippen molar-refractivity contribution >= 4 is 18.3 Å². The molecule has 0 saturated carbocycles. The molecule has 0 atom stereocenters. The molecular formula is C9H13N3O4S. The van der Waals surface area contributed by atoms with Crippen LogP contribution in [0.3, 0.4) is 0 Å². The summed E-state index contributed by atoms with van der Waals surface area (Å²) < 4.78 is 1.12. The molecule has 0 radical (unpaired) electrons. The Morgan fingerprint density at radius 1 is 1.53 bits per heavy atom. The molecule has 17 heavy (non-hydrogen) atoms. The van der Waals surface area contributed by atoms with Crippen molar-refractivity contribution in [1.82, 2.24) is 9.55 Å². The summed E-state index contributed by atoms with van der Waals surface area (Å²) in [7, 11) is 0. The van der Waals surface area contributed by atoms with Gasteiger partial charge < -0.3 is 0 Å². The maximum Gasteiger partial charge on any atom is 0.350 e. The van der Waals surface area contributed by atoms with Gasteiger partial charge in [0.1, 0.15) is 0 Å². The fourth-order valence-electron chi connectivity index (χ4n) is 1.26. The number of H-pyrrole nitrogens is 1. The van der Waals surface area contributed by atoms with Crippen LogP contribution in [0.25, 0.3) is 0 Å². The Morgan fingerprint density at radius 2 is 2.12 bits per heavy atom. The van der Waals surface area contributed by atoms with E-state index in [4.69, 9.17) is 0 Å². The van der Waals surface area contributed by atoms with Crippen LogP contribution in [0, 0.1) is 15.5 Å². The van der Waals surface area contributed by atoms with Gasteiger partial charge in [0.2, 0.25) is 0 Å². The highest BCUT2D eigenvalue weighted by Gasteiger charge is 2.20. The quantitative estimate of drug-likeness (QED) is 0.464. The smallest absolute Gasteiger partial charge is 0.293 e. The topological polar surface area (TPSA) is 98.0 Å². The molecule has 1 aromatic heterocycles. The van der Waals surface area contributed by atoms with E-state index in [1.165, 1.54) is 0 Å². The molecule has 0 aliphatic carbocycles. The van der Waals surface area contributed by atoms with Crippen molar-refractivity contribution in [2.24, 2.45) is 5.41 Å². The van der Waals surface area contributed by atoms with Crippen LogP contribution in [-0.2, 0) is 6.54 Å². The number of nitrogens with one attached hydrogen (secondary N) is 1. The predicted octanol–water partition coefficient (Wildman–Crippen LogP) is 0.401. The molecular weight excluding hydrogens is 246 g/mol. The van der Waals surface area contributed by atoms with E-state index < -0.39 is 21.9 Å². The maximum absolute atomic E-state index is 11.5. The van der Waals surface area contributed by atoms with Gasteiger partial charge in [0.15, 0.2) is 0 Å². The molecule has 1 aromatic rings. The highest BCUT2D eigenvalue weighted by Crippen LogP contribution is 2.18. The van der Waals surface area contributed by atoms with E-state index >= 15 is 0 Å². The van der Waals surface area contributed by atoms with Gasteiger partial charge in [0.25, 0.3) is 0 Å². The second kappa shape index (κ2) is 4.74. The lowest BCUT2D eigenvalue weighted by Crippen LogP contribution is -2.35. The Balaban J connectivity index is 3.27. The third kappa shape index (κ3) is 3.19. The molecule has 0 amide bonds. The summed E-state index contributed by atoms with van der Waals surface area (Å²) >= 11 is 4.13. The van der Waals surface area contributed by atoms with Gasteiger partial charge in [-0.15, -0.1) is 0 Å². The number of hydrogen-bond acceptors (Lipinski definition) is 5. The molecule has 0 bridgehead atoms. The normalized spacial score (nSPS) is 11.5. The average molecular weight is 259 g/mol. The van der Waals surface area contributed by atoms with E-state index in [-0.39, 0.29) is 12.0 Å². The highest BCUT2D eigenvalue weighted by molar-refractivity contribution is 7.80. The molecule has 94 valence electrons. The van der Waals surface area contributed by atoms with Crippen LogP contribution < -0.4 is 11.2 Å². The zero-order chi connectivity index (χ0) is 13.2. The summed E-state index contributed by atoms with van der Waals surface area (Å²) in [5.74, 6) is 0.506. The maximum atomic E-state index is 11.5. The Hall–Kier alpha value is -1.57. The number of hydrogen-bond donors (Lipinski definition) is 2. The fraction of sp³-hybridized carbons (Fsp3) is 0.556. The van der Waals surface area contributed by atoms with Crippen molar-refractivity contribution in [3.05, 3.63) is 37.1 Å². The van der Waals surface area contributed by atoms with Gasteiger partial charge in [-0.2, -0.15) is 12.6 Å². The minimum atomic E-state index is -0.986. The summed E-state index contributed by atoms with van der Waals surface area (Å²) in [6, 6.07) is 0. The first-order valence-electron chi connectivity index (χ1n) is 4.86. The molecule has 0 saturated heterocycles. The second-order valence-electron chi connectivity index (χ2n) is 4.48. The lowest BCUT2D eigenvalue weighted by Gasteiger charge is -2.22. The number of aromatic nitrogens is 2. The first-order chi connectivity index (χ1) is 7.76. The summed E-state index contributed by atoms with van der Waals surface area (Å²) in [5.41, 5.74) is -2.59. The lowest BCUT2D eigenvalue weighted by molar-refractivity contribution is -0.386. The average Bonchev–Trinajstić information content (AvgIpc) is 2.21. The van der Waals surface area contributed by atoms with E-state index in [9.17, 15) is 19.7 Å². The first kappa shape index (κ1) is 13.5. The van der Waals surface area contributed by atoms with Crippen LogP contribution in [0.5, 0.6) is 0 Å². The van der Waals surface area contributed by atoms with E-state index in [1.54, 1.807) is 0 Å². The SMILES string of the molecule is CC(C)(CS)Cn1cc([N+](=O)[O-])c(=O)[nH]c1=O.